The van der Waals surface area contributed by atoms with Gasteiger partial charge in [0, 0.05) is 12.3 Å². The molecule has 0 amide bonds. The number of methoxy groups -OCH3 is 2. The molecule has 0 aromatic heterocycles. The van der Waals surface area contributed by atoms with Crippen LogP contribution < -0.4 is 9.47 Å². The molecule has 4 atom stereocenters. The minimum absolute atomic E-state index is 0.0680. The summed E-state index contributed by atoms with van der Waals surface area (Å²) in [5.74, 6) is 0.743. The highest BCUT2D eigenvalue weighted by Gasteiger charge is 2.59. The van der Waals surface area contributed by atoms with E-state index in [2.05, 4.69) is 30.4 Å². The van der Waals surface area contributed by atoms with E-state index in [0.29, 0.717) is 18.1 Å². The minimum Gasteiger partial charge on any atom is -0.493 e. The number of esters is 1. The molecule has 5 heteroatoms. The highest BCUT2D eigenvalue weighted by Crippen LogP contribution is 2.55. The van der Waals surface area contributed by atoms with Gasteiger partial charge in [0.15, 0.2) is 11.5 Å². The van der Waals surface area contributed by atoms with Crippen LogP contribution in [0, 0.1) is 17.9 Å². The summed E-state index contributed by atoms with van der Waals surface area (Å²) < 4.78 is 22.8. The Morgan fingerprint density at radius 2 is 1.88 bits per heavy atom. The molecule has 0 N–H and O–H groups in total. The summed E-state index contributed by atoms with van der Waals surface area (Å²) >= 11 is 0. The smallest absolute Gasteiger partial charge is 0.312 e. The normalized spacial score (nSPS) is 25.4. The molecule has 1 saturated carbocycles. The van der Waals surface area contributed by atoms with Crippen molar-refractivity contribution in [3.8, 4) is 11.5 Å². The molecule has 1 saturated heterocycles. The number of fused-ring (bicyclic) bond motifs is 1. The lowest BCUT2D eigenvalue weighted by molar-refractivity contribution is -0.160. The van der Waals surface area contributed by atoms with E-state index in [0.717, 1.165) is 30.1 Å². The Balaban J connectivity index is 1.66. The van der Waals surface area contributed by atoms with Gasteiger partial charge >= 0.3 is 5.97 Å². The maximum Gasteiger partial charge on any atom is 0.312 e. The quantitative estimate of drug-likeness (QED) is 0.376. The summed E-state index contributed by atoms with van der Waals surface area (Å²) in [5.41, 5.74) is 3.50. The highest BCUT2D eigenvalue weighted by atomic mass is 16.5. The Labute approximate surface area is 202 Å². The average molecular weight is 462 g/mol. The largest absolute Gasteiger partial charge is 0.493 e. The molecule has 1 heterocycles. The third-order valence-corrected chi connectivity index (χ3v) is 6.73. The molecule has 2 fully saturated rings. The first-order valence-corrected chi connectivity index (χ1v) is 11.9. The van der Waals surface area contributed by atoms with Crippen LogP contribution >= 0.6 is 0 Å². The number of allylic oxidation sites excluding steroid dienone is 2. The minimum atomic E-state index is -0.397. The van der Waals surface area contributed by atoms with Gasteiger partial charge in [-0.1, -0.05) is 54.6 Å². The van der Waals surface area contributed by atoms with Crippen LogP contribution in [0.3, 0.4) is 0 Å². The zero-order valence-electron chi connectivity index (χ0n) is 20.3. The second-order valence-electron chi connectivity index (χ2n) is 8.79. The number of carbonyl (C=O) groups is 1. The fourth-order valence-corrected chi connectivity index (χ4v) is 5.20. The lowest BCUT2D eigenvalue weighted by atomic mass is 9.71. The number of benzene rings is 2. The van der Waals surface area contributed by atoms with Gasteiger partial charge in [-0.05, 0) is 42.7 Å². The summed E-state index contributed by atoms with van der Waals surface area (Å²) in [5, 5.41) is 0. The van der Waals surface area contributed by atoms with Crippen molar-refractivity contribution in [1.82, 2.24) is 0 Å². The summed E-state index contributed by atoms with van der Waals surface area (Å²) in [7, 11) is 3.25. The number of rotatable bonds is 7. The zero-order valence-corrected chi connectivity index (χ0v) is 20.3. The van der Waals surface area contributed by atoms with Gasteiger partial charge in [-0.15, -0.1) is 0 Å². The Morgan fingerprint density at radius 3 is 2.59 bits per heavy atom. The molecule has 0 bridgehead atoms. The molecule has 1 aliphatic heterocycles. The second-order valence-corrected chi connectivity index (χ2v) is 8.79. The molecule has 1 aliphatic carbocycles. The number of ether oxygens (including phenoxy) is 4. The van der Waals surface area contributed by atoms with Crippen LogP contribution in [-0.2, 0) is 14.3 Å². The number of hydrogen-bond acceptors (Lipinski definition) is 5. The van der Waals surface area contributed by atoms with E-state index in [1.165, 1.54) is 5.57 Å². The maximum atomic E-state index is 13.1. The first-order valence-electron chi connectivity index (χ1n) is 11.9. The monoisotopic (exact) mass is 461 g/mol. The van der Waals surface area contributed by atoms with E-state index in [9.17, 15) is 4.79 Å². The third kappa shape index (κ3) is 5.00. The van der Waals surface area contributed by atoms with Gasteiger partial charge in [0.1, 0.15) is 18.4 Å². The van der Waals surface area contributed by atoms with Crippen LogP contribution in [0.1, 0.15) is 43.7 Å². The van der Waals surface area contributed by atoms with Gasteiger partial charge in [0.05, 0.1) is 26.7 Å². The van der Waals surface area contributed by atoms with E-state index in [-0.39, 0.29) is 23.9 Å². The molecule has 0 radical (unpaired) electrons. The SMILES string of the molecule is CCOC(=O)C1C(C)O[C+]2C/C(=C\C=C\c3ccccc3)CC2C1c1ccc(OC)c(OC)c1. The van der Waals surface area contributed by atoms with Crippen molar-refractivity contribution in [3.05, 3.63) is 83.5 Å². The number of carbonyl (C=O) groups excluding carboxylic acids is 1. The van der Waals surface area contributed by atoms with Crippen LogP contribution in [-0.4, -0.2) is 32.9 Å². The van der Waals surface area contributed by atoms with E-state index >= 15 is 0 Å². The fourth-order valence-electron chi connectivity index (χ4n) is 5.20. The van der Waals surface area contributed by atoms with Gasteiger partial charge in [-0.2, -0.15) is 4.74 Å². The van der Waals surface area contributed by atoms with Crippen molar-refractivity contribution in [2.45, 2.75) is 38.7 Å². The predicted octanol–water partition coefficient (Wildman–Crippen LogP) is 5.97. The third-order valence-electron chi connectivity index (χ3n) is 6.73. The number of hydrogen-bond donors (Lipinski definition) is 0. The summed E-state index contributed by atoms with van der Waals surface area (Å²) in [6.07, 6.45) is 8.78. The van der Waals surface area contributed by atoms with Crippen molar-refractivity contribution in [2.24, 2.45) is 11.8 Å². The van der Waals surface area contributed by atoms with E-state index in [1.807, 2.05) is 50.2 Å². The van der Waals surface area contributed by atoms with Gasteiger partial charge < -0.3 is 14.2 Å². The molecule has 4 rings (SSSR count). The van der Waals surface area contributed by atoms with Gasteiger partial charge in [0.2, 0.25) is 6.10 Å². The molecule has 0 spiro atoms. The Kier molecular flexibility index (Phi) is 7.63. The Bertz CT molecular complexity index is 1040. The van der Waals surface area contributed by atoms with Gasteiger partial charge in [0.25, 0.3) is 0 Å². The molecule has 178 valence electrons. The van der Waals surface area contributed by atoms with Crippen molar-refractivity contribution in [1.29, 1.82) is 0 Å². The van der Waals surface area contributed by atoms with E-state index < -0.39 is 5.92 Å². The first kappa shape index (κ1) is 24.0. The molecule has 4 unspecified atom stereocenters. The van der Waals surface area contributed by atoms with Gasteiger partial charge in [-0.3, -0.25) is 4.79 Å². The Morgan fingerprint density at radius 1 is 1.12 bits per heavy atom. The van der Waals surface area contributed by atoms with Crippen LogP contribution in [0.15, 0.2) is 66.3 Å². The summed E-state index contributed by atoms with van der Waals surface area (Å²) in [6, 6.07) is 16.2. The molecule has 2 aromatic carbocycles. The van der Waals surface area contributed by atoms with Crippen LogP contribution in [0.25, 0.3) is 6.08 Å². The summed E-state index contributed by atoms with van der Waals surface area (Å²) in [4.78, 5) is 13.1. The van der Waals surface area contributed by atoms with Crippen molar-refractivity contribution in [3.63, 3.8) is 0 Å². The Hall–Kier alpha value is -3.18. The molecular weight excluding hydrogens is 428 g/mol. The predicted molar refractivity (Wildman–Crippen MR) is 132 cm³/mol. The highest BCUT2D eigenvalue weighted by molar-refractivity contribution is 5.75. The average Bonchev–Trinajstić information content (AvgIpc) is 3.25. The van der Waals surface area contributed by atoms with Gasteiger partial charge in [-0.25, -0.2) is 0 Å². The second kappa shape index (κ2) is 10.8. The molecular formula is C29H33O5+. The van der Waals surface area contributed by atoms with Crippen LogP contribution in [0.5, 0.6) is 11.5 Å². The first-order chi connectivity index (χ1) is 16.5. The molecule has 5 nitrogen and oxygen atoms in total. The molecule has 2 aliphatic rings. The lowest BCUT2D eigenvalue weighted by Gasteiger charge is -2.35. The molecule has 34 heavy (non-hydrogen) atoms. The van der Waals surface area contributed by atoms with Crippen LogP contribution in [0.2, 0.25) is 0 Å². The van der Waals surface area contributed by atoms with Crippen molar-refractivity contribution in [2.75, 3.05) is 20.8 Å². The van der Waals surface area contributed by atoms with Crippen LogP contribution in [0.4, 0.5) is 0 Å². The van der Waals surface area contributed by atoms with Crippen molar-refractivity contribution >= 4 is 12.0 Å². The zero-order chi connectivity index (χ0) is 24.1. The summed E-state index contributed by atoms with van der Waals surface area (Å²) in [6.45, 7) is 4.15. The van der Waals surface area contributed by atoms with Crippen molar-refractivity contribution < 1.29 is 23.7 Å². The fraction of sp³-hybridized carbons (Fsp3) is 0.379. The standard InChI is InChI=1S/C29H33O5/c1-5-33-29(30)27-19(2)34-25-17-21(13-9-12-20-10-7-6-8-11-20)16-23(25)28(27)22-14-15-24(31-3)26(18-22)32-4/h6-15,18-19,23,27-28H,5,16-17H2,1-4H3/q+1/b12-9+,21-13-. The topological polar surface area (TPSA) is 54.0 Å². The molecule has 2 aromatic rings. The maximum absolute atomic E-state index is 13.1. The van der Waals surface area contributed by atoms with E-state index in [4.69, 9.17) is 18.9 Å². The van der Waals surface area contributed by atoms with E-state index in [1.54, 1.807) is 14.2 Å². The lowest BCUT2D eigenvalue weighted by Crippen LogP contribution is -2.44.